The highest BCUT2D eigenvalue weighted by Gasteiger charge is 2.11. The Morgan fingerprint density at radius 3 is 2.33 bits per heavy atom. The standard InChI is InChI=1S/C18H23BrN2/c1-3-20-18(15-9-11-16(19)12-10-15)13-14-21(2)17-7-5-4-6-8-17/h4-12,18,20H,3,13-14H2,1-2H3. The van der Waals surface area contributed by atoms with Gasteiger partial charge in [-0.3, -0.25) is 0 Å². The molecule has 2 nitrogen and oxygen atoms in total. The highest BCUT2D eigenvalue weighted by molar-refractivity contribution is 9.10. The van der Waals surface area contributed by atoms with Crippen molar-refractivity contribution in [2.24, 2.45) is 0 Å². The van der Waals surface area contributed by atoms with E-state index in [9.17, 15) is 0 Å². The van der Waals surface area contributed by atoms with E-state index in [0.29, 0.717) is 6.04 Å². The lowest BCUT2D eigenvalue weighted by Crippen LogP contribution is -2.27. The van der Waals surface area contributed by atoms with Crippen LogP contribution in [0.4, 0.5) is 5.69 Å². The van der Waals surface area contributed by atoms with E-state index < -0.39 is 0 Å². The van der Waals surface area contributed by atoms with E-state index in [4.69, 9.17) is 0 Å². The molecule has 3 heteroatoms. The fourth-order valence-corrected chi connectivity index (χ4v) is 2.73. The van der Waals surface area contributed by atoms with Gasteiger partial charge in [0.05, 0.1) is 0 Å². The first-order valence-electron chi connectivity index (χ1n) is 7.45. The van der Waals surface area contributed by atoms with Crippen LogP contribution in [0.1, 0.15) is 24.9 Å². The molecule has 112 valence electrons. The number of hydrogen-bond donors (Lipinski definition) is 1. The van der Waals surface area contributed by atoms with Gasteiger partial charge in [0.1, 0.15) is 0 Å². The highest BCUT2D eigenvalue weighted by atomic mass is 79.9. The van der Waals surface area contributed by atoms with Crippen LogP contribution in [0.25, 0.3) is 0 Å². The molecule has 0 bridgehead atoms. The average molecular weight is 347 g/mol. The zero-order valence-corrected chi connectivity index (χ0v) is 14.3. The number of benzene rings is 2. The molecular formula is C18H23BrN2. The van der Waals surface area contributed by atoms with Crippen molar-refractivity contribution in [3.63, 3.8) is 0 Å². The summed E-state index contributed by atoms with van der Waals surface area (Å²) in [6, 6.07) is 19.5. The molecule has 0 fully saturated rings. The lowest BCUT2D eigenvalue weighted by atomic mass is 10.0. The maximum absolute atomic E-state index is 3.58. The maximum atomic E-state index is 3.58. The van der Waals surface area contributed by atoms with Crippen molar-refractivity contribution in [3.8, 4) is 0 Å². The van der Waals surface area contributed by atoms with Crippen LogP contribution in [0.2, 0.25) is 0 Å². The van der Waals surface area contributed by atoms with Crippen molar-refractivity contribution in [1.82, 2.24) is 5.32 Å². The van der Waals surface area contributed by atoms with Gasteiger partial charge >= 0.3 is 0 Å². The van der Waals surface area contributed by atoms with Crippen molar-refractivity contribution in [2.45, 2.75) is 19.4 Å². The third-order valence-electron chi connectivity index (χ3n) is 3.67. The van der Waals surface area contributed by atoms with Gasteiger partial charge < -0.3 is 10.2 Å². The summed E-state index contributed by atoms with van der Waals surface area (Å²) in [5, 5.41) is 3.58. The smallest absolute Gasteiger partial charge is 0.0363 e. The van der Waals surface area contributed by atoms with Crippen LogP contribution in [0.3, 0.4) is 0 Å². The third kappa shape index (κ3) is 4.87. The van der Waals surface area contributed by atoms with E-state index in [1.165, 1.54) is 11.3 Å². The normalized spacial score (nSPS) is 12.1. The van der Waals surface area contributed by atoms with Crippen LogP contribution in [0.15, 0.2) is 59.1 Å². The topological polar surface area (TPSA) is 15.3 Å². The van der Waals surface area contributed by atoms with Gasteiger partial charge in [-0.25, -0.2) is 0 Å². The first kappa shape index (κ1) is 16.1. The zero-order valence-electron chi connectivity index (χ0n) is 12.7. The molecular weight excluding hydrogens is 324 g/mol. The number of nitrogens with one attached hydrogen (secondary N) is 1. The third-order valence-corrected chi connectivity index (χ3v) is 4.20. The molecule has 0 aliphatic rings. The minimum absolute atomic E-state index is 0.397. The van der Waals surface area contributed by atoms with Gasteiger partial charge in [-0.1, -0.05) is 53.2 Å². The molecule has 1 N–H and O–H groups in total. The predicted molar refractivity (Wildman–Crippen MR) is 94.9 cm³/mol. The summed E-state index contributed by atoms with van der Waals surface area (Å²) in [6.45, 7) is 4.17. The monoisotopic (exact) mass is 346 g/mol. The molecule has 0 aliphatic heterocycles. The number of anilines is 1. The Hall–Kier alpha value is -1.32. The molecule has 0 aromatic heterocycles. The van der Waals surface area contributed by atoms with Crippen molar-refractivity contribution in [2.75, 3.05) is 25.0 Å². The Labute approximate surface area is 136 Å². The molecule has 0 aliphatic carbocycles. The molecule has 21 heavy (non-hydrogen) atoms. The summed E-state index contributed by atoms with van der Waals surface area (Å²) >= 11 is 3.50. The first-order chi connectivity index (χ1) is 10.2. The fourth-order valence-electron chi connectivity index (χ4n) is 2.46. The van der Waals surface area contributed by atoms with Crippen LogP contribution < -0.4 is 10.2 Å². The summed E-state index contributed by atoms with van der Waals surface area (Å²) in [4.78, 5) is 2.31. The van der Waals surface area contributed by atoms with E-state index in [0.717, 1.165) is 24.0 Å². The van der Waals surface area contributed by atoms with Gasteiger partial charge in [0.15, 0.2) is 0 Å². The molecule has 2 rings (SSSR count). The lowest BCUT2D eigenvalue weighted by Gasteiger charge is -2.24. The largest absolute Gasteiger partial charge is 0.375 e. The average Bonchev–Trinajstić information content (AvgIpc) is 2.53. The predicted octanol–water partition coefficient (Wildman–Crippen LogP) is 4.63. The lowest BCUT2D eigenvalue weighted by molar-refractivity contribution is 0.516. The number of hydrogen-bond acceptors (Lipinski definition) is 2. The number of halogens is 1. The molecule has 0 radical (unpaired) electrons. The summed E-state index contributed by atoms with van der Waals surface area (Å²) in [6.07, 6.45) is 1.08. The Morgan fingerprint density at radius 1 is 1.05 bits per heavy atom. The Morgan fingerprint density at radius 2 is 1.71 bits per heavy atom. The number of para-hydroxylation sites is 1. The van der Waals surface area contributed by atoms with Gasteiger partial charge in [-0.15, -0.1) is 0 Å². The second-order valence-corrected chi connectivity index (χ2v) is 6.12. The molecule has 0 spiro atoms. The minimum Gasteiger partial charge on any atom is -0.375 e. The minimum atomic E-state index is 0.397. The van der Waals surface area contributed by atoms with E-state index in [2.05, 4.69) is 94.7 Å². The van der Waals surface area contributed by atoms with Crippen LogP contribution >= 0.6 is 15.9 Å². The first-order valence-corrected chi connectivity index (χ1v) is 8.25. The molecule has 0 heterocycles. The molecule has 2 aromatic rings. The van der Waals surface area contributed by atoms with Gasteiger partial charge in [-0.2, -0.15) is 0 Å². The van der Waals surface area contributed by atoms with Gasteiger partial charge in [0.2, 0.25) is 0 Å². The van der Waals surface area contributed by atoms with Gasteiger partial charge in [-0.05, 0) is 42.8 Å². The zero-order chi connectivity index (χ0) is 15.1. The van der Waals surface area contributed by atoms with Crippen LogP contribution in [0, 0.1) is 0 Å². The van der Waals surface area contributed by atoms with Crippen molar-refractivity contribution in [1.29, 1.82) is 0 Å². The van der Waals surface area contributed by atoms with E-state index in [-0.39, 0.29) is 0 Å². The second kappa shape index (κ2) is 8.20. The van der Waals surface area contributed by atoms with Crippen LogP contribution in [-0.4, -0.2) is 20.1 Å². The number of nitrogens with zero attached hydrogens (tertiary/aromatic N) is 1. The SMILES string of the molecule is CCNC(CCN(C)c1ccccc1)c1ccc(Br)cc1. The summed E-state index contributed by atoms with van der Waals surface area (Å²) < 4.78 is 1.13. The summed E-state index contributed by atoms with van der Waals surface area (Å²) in [7, 11) is 2.15. The number of rotatable bonds is 7. The molecule has 0 amide bonds. The molecule has 1 atom stereocenters. The quantitative estimate of drug-likeness (QED) is 0.786. The van der Waals surface area contributed by atoms with Gasteiger partial charge in [0, 0.05) is 29.8 Å². The van der Waals surface area contributed by atoms with E-state index in [1.807, 2.05) is 0 Å². The molecule has 0 saturated heterocycles. The van der Waals surface area contributed by atoms with Crippen molar-refractivity contribution in [3.05, 3.63) is 64.6 Å². The fraction of sp³-hybridized carbons (Fsp3) is 0.333. The van der Waals surface area contributed by atoms with Crippen LogP contribution in [-0.2, 0) is 0 Å². The summed E-state index contributed by atoms with van der Waals surface area (Å²) in [5.74, 6) is 0. The van der Waals surface area contributed by atoms with Crippen molar-refractivity contribution >= 4 is 21.6 Å². The maximum Gasteiger partial charge on any atom is 0.0363 e. The van der Waals surface area contributed by atoms with Crippen molar-refractivity contribution < 1.29 is 0 Å². The Kier molecular flexibility index (Phi) is 6.27. The van der Waals surface area contributed by atoms with Crippen LogP contribution in [0.5, 0.6) is 0 Å². The van der Waals surface area contributed by atoms with E-state index >= 15 is 0 Å². The Balaban J connectivity index is 1.98. The Bertz CT molecular complexity index is 525. The molecule has 2 aromatic carbocycles. The second-order valence-electron chi connectivity index (χ2n) is 5.21. The van der Waals surface area contributed by atoms with E-state index in [1.54, 1.807) is 0 Å². The molecule has 0 saturated carbocycles. The van der Waals surface area contributed by atoms with Gasteiger partial charge in [0.25, 0.3) is 0 Å². The highest BCUT2D eigenvalue weighted by Crippen LogP contribution is 2.21. The molecule has 1 unspecified atom stereocenters. The summed E-state index contributed by atoms with van der Waals surface area (Å²) in [5.41, 5.74) is 2.62.